The molecule has 1 nitrogen and oxygen atoms in total. The maximum atomic E-state index is 9.57. The van der Waals surface area contributed by atoms with Crippen LogP contribution in [0.25, 0.3) is 0 Å². The van der Waals surface area contributed by atoms with E-state index >= 15 is 0 Å². The summed E-state index contributed by atoms with van der Waals surface area (Å²) in [5.74, 6) is 0.915. The third kappa shape index (κ3) is 2.07. The largest absolute Gasteiger partial charge is 0.198 e. The van der Waals surface area contributed by atoms with E-state index in [0.29, 0.717) is 11.8 Å². The van der Waals surface area contributed by atoms with E-state index in [4.69, 9.17) is 0 Å². The fourth-order valence-corrected chi connectivity index (χ4v) is 3.06. The molecule has 86 valence electrons. The van der Waals surface area contributed by atoms with Crippen molar-refractivity contribution in [3.05, 3.63) is 24.3 Å². The quantitative estimate of drug-likeness (QED) is 0.632. The Labute approximate surface area is 98.9 Å². The maximum absolute atomic E-state index is 9.57. The Morgan fingerprint density at radius 3 is 1.88 bits per heavy atom. The summed E-state index contributed by atoms with van der Waals surface area (Å²) < 4.78 is 0. The van der Waals surface area contributed by atoms with Crippen molar-refractivity contribution in [2.75, 3.05) is 0 Å². The predicted octanol–water partition coefficient (Wildman–Crippen LogP) is 4.23. The summed E-state index contributed by atoms with van der Waals surface area (Å²) in [5, 5.41) is 9.57. The number of hydrogen-bond acceptors (Lipinski definition) is 1. The average molecular weight is 215 g/mol. The van der Waals surface area contributed by atoms with Gasteiger partial charge in [-0.15, -0.1) is 0 Å². The van der Waals surface area contributed by atoms with Gasteiger partial charge in [0.1, 0.15) is 0 Å². The van der Waals surface area contributed by atoms with Gasteiger partial charge in [-0.3, -0.25) is 0 Å². The number of rotatable bonds is 2. The molecule has 0 aliphatic heterocycles. The first-order chi connectivity index (χ1) is 7.77. The summed E-state index contributed by atoms with van der Waals surface area (Å²) in [6, 6.07) is 2.62. The number of nitriles is 1. The number of allylic oxidation sites excluding steroid dienone is 4. The molecule has 3 atom stereocenters. The van der Waals surface area contributed by atoms with Crippen LogP contribution in [0, 0.1) is 28.6 Å². The standard InChI is InChI=1S/C15H21N/c1-15(12-16,13-8-4-2-5-9-13)14-10-6-3-7-11-14/h4,6,8,10,13-14H,2-3,5,7,9,11H2,1H3/t13-,14+,15?. The highest BCUT2D eigenvalue weighted by Gasteiger charge is 2.39. The molecule has 0 saturated carbocycles. The van der Waals surface area contributed by atoms with Crippen LogP contribution < -0.4 is 0 Å². The van der Waals surface area contributed by atoms with Gasteiger partial charge in [0.15, 0.2) is 0 Å². The van der Waals surface area contributed by atoms with E-state index in [1.54, 1.807) is 0 Å². The third-order valence-corrected chi connectivity index (χ3v) is 4.29. The highest BCUT2D eigenvalue weighted by molar-refractivity contribution is 5.16. The van der Waals surface area contributed by atoms with Gasteiger partial charge in [-0.25, -0.2) is 0 Å². The van der Waals surface area contributed by atoms with Gasteiger partial charge in [0.25, 0.3) is 0 Å². The summed E-state index contributed by atoms with van der Waals surface area (Å²) in [6.45, 7) is 2.16. The summed E-state index contributed by atoms with van der Waals surface area (Å²) >= 11 is 0. The molecule has 0 heterocycles. The van der Waals surface area contributed by atoms with Crippen LogP contribution in [0.15, 0.2) is 24.3 Å². The highest BCUT2D eigenvalue weighted by Crippen LogP contribution is 2.44. The summed E-state index contributed by atoms with van der Waals surface area (Å²) in [7, 11) is 0. The van der Waals surface area contributed by atoms with Crippen LogP contribution in [0.4, 0.5) is 0 Å². The molecule has 1 unspecified atom stereocenters. The Morgan fingerprint density at radius 1 is 1.06 bits per heavy atom. The molecule has 0 aromatic heterocycles. The fourth-order valence-electron chi connectivity index (χ4n) is 3.06. The zero-order valence-corrected chi connectivity index (χ0v) is 10.2. The third-order valence-electron chi connectivity index (χ3n) is 4.29. The minimum Gasteiger partial charge on any atom is -0.198 e. The Morgan fingerprint density at radius 2 is 1.56 bits per heavy atom. The van der Waals surface area contributed by atoms with Crippen LogP contribution in [-0.2, 0) is 0 Å². The Hall–Kier alpha value is -1.03. The normalized spacial score (nSPS) is 33.0. The molecule has 2 aliphatic rings. The first kappa shape index (κ1) is 11.5. The molecule has 2 rings (SSSR count). The molecular weight excluding hydrogens is 194 g/mol. The Bertz CT molecular complexity index is 308. The molecule has 0 radical (unpaired) electrons. The second kappa shape index (κ2) is 4.87. The van der Waals surface area contributed by atoms with E-state index in [2.05, 4.69) is 37.3 Å². The first-order valence-corrected chi connectivity index (χ1v) is 6.52. The molecular formula is C15H21N. The monoisotopic (exact) mass is 215 g/mol. The maximum Gasteiger partial charge on any atom is 0.0699 e. The molecule has 0 saturated heterocycles. The zero-order chi connectivity index (χ0) is 11.4. The van der Waals surface area contributed by atoms with Crippen LogP contribution in [0.5, 0.6) is 0 Å². The lowest BCUT2D eigenvalue weighted by Gasteiger charge is -2.38. The Balaban J connectivity index is 2.20. The van der Waals surface area contributed by atoms with Crippen LogP contribution >= 0.6 is 0 Å². The zero-order valence-electron chi connectivity index (χ0n) is 10.2. The van der Waals surface area contributed by atoms with Gasteiger partial charge >= 0.3 is 0 Å². The molecule has 0 spiro atoms. The van der Waals surface area contributed by atoms with Crippen molar-refractivity contribution in [1.29, 1.82) is 5.26 Å². The molecule has 2 aliphatic carbocycles. The lowest BCUT2D eigenvalue weighted by Crippen LogP contribution is -2.33. The van der Waals surface area contributed by atoms with Gasteiger partial charge < -0.3 is 0 Å². The molecule has 0 aromatic carbocycles. The lowest BCUT2D eigenvalue weighted by molar-refractivity contribution is 0.200. The fraction of sp³-hybridized carbons (Fsp3) is 0.667. The van der Waals surface area contributed by atoms with Crippen molar-refractivity contribution in [3.8, 4) is 6.07 Å². The van der Waals surface area contributed by atoms with Crippen LogP contribution in [0.1, 0.15) is 45.4 Å². The van der Waals surface area contributed by atoms with Gasteiger partial charge in [0, 0.05) is 0 Å². The highest BCUT2D eigenvalue weighted by atomic mass is 14.5. The van der Waals surface area contributed by atoms with Crippen molar-refractivity contribution in [2.24, 2.45) is 17.3 Å². The van der Waals surface area contributed by atoms with E-state index in [-0.39, 0.29) is 5.41 Å². The van der Waals surface area contributed by atoms with Crippen molar-refractivity contribution in [2.45, 2.75) is 45.4 Å². The van der Waals surface area contributed by atoms with Crippen LogP contribution in [0.2, 0.25) is 0 Å². The van der Waals surface area contributed by atoms with Crippen molar-refractivity contribution >= 4 is 0 Å². The van der Waals surface area contributed by atoms with E-state index in [9.17, 15) is 5.26 Å². The second-order valence-corrected chi connectivity index (χ2v) is 5.33. The average Bonchev–Trinajstić information content (AvgIpc) is 2.40. The van der Waals surface area contributed by atoms with Crippen LogP contribution in [0.3, 0.4) is 0 Å². The molecule has 0 N–H and O–H groups in total. The van der Waals surface area contributed by atoms with E-state index in [1.807, 2.05) is 0 Å². The van der Waals surface area contributed by atoms with Gasteiger partial charge in [-0.1, -0.05) is 24.3 Å². The van der Waals surface area contributed by atoms with Crippen LogP contribution in [-0.4, -0.2) is 0 Å². The second-order valence-electron chi connectivity index (χ2n) is 5.33. The van der Waals surface area contributed by atoms with Gasteiger partial charge in [0.2, 0.25) is 0 Å². The van der Waals surface area contributed by atoms with E-state index in [0.717, 1.165) is 0 Å². The predicted molar refractivity (Wildman–Crippen MR) is 66.7 cm³/mol. The van der Waals surface area contributed by atoms with E-state index in [1.165, 1.54) is 38.5 Å². The molecule has 1 heteroatoms. The summed E-state index contributed by atoms with van der Waals surface area (Å²) in [6.07, 6.45) is 16.3. The SMILES string of the molecule is CC(C#N)([C@@H]1C=CCCC1)[C@H]1C=CCCC1. The summed E-state index contributed by atoms with van der Waals surface area (Å²) in [4.78, 5) is 0. The minimum absolute atomic E-state index is 0.187. The number of hydrogen-bond donors (Lipinski definition) is 0. The lowest BCUT2D eigenvalue weighted by atomic mass is 9.64. The van der Waals surface area contributed by atoms with Gasteiger partial charge in [-0.2, -0.15) is 5.26 Å². The molecule has 0 aromatic rings. The molecule has 16 heavy (non-hydrogen) atoms. The van der Waals surface area contributed by atoms with Crippen molar-refractivity contribution in [3.63, 3.8) is 0 Å². The van der Waals surface area contributed by atoms with Crippen molar-refractivity contribution < 1.29 is 0 Å². The summed E-state index contributed by atoms with van der Waals surface area (Å²) in [5.41, 5.74) is -0.187. The Kier molecular flexibility index (Phi) is 3.49. The van der Waals surface area contributed by atoms with Gasteiger partial charge in [0.05, 0.1) is 11.5 Å². The smallest absolute Gasteiger partial charge is 0.0699 e. The molecule has 0 fully saturated rings. The topological polar surface area (TPSA) is 23.8 Å². The molecule has 0 amide bonds. The minimum atomic E-state index is -0.187. The number of nitrogens with zero attached hydrogens (tertiary/aromatic N) is 1. The van der Waals surface area contributed by atoms with E-state index < -0.39 is 0 Å². The van der Waals surface area contributed by atoms with Crippen molar-refractivity contribution in [1.82, 2.24) is 0 Å². The van der Waals surface area contributed by atoms with Gasteiger partial charge in [-0.05, 0) is 57.3 Å². The molecule has 0 bridgehead atoms. The first-order valence-electron chi connectivity index (χ1n) is 6.52.